The van der Waals surface area contributed by atoms with Crippen LogP contribution in [0.15, 0.2) is 48.6 Å². The highest BCUT2D eigenvalue weighted by molar-refractivity contribution is 7.47. The highest BCUT2D eigenvalue weighted by atomic mass is 31.2. The molecule has 3 atom stereocenters. The Bertz CT molecular complexity index is 1250. The van der Waals surface area contributed by atoms with Gasteiger partial charge >= 0.3 is 19.8 Å². The van der Waals surface area contributed by atoms with Gasteiger partial charge in [-0.05, 0) is 51.4 Å². The van der Waals surface area contributed by atoms with Gasteiger partial charge in [-0.15, -0.1) is 0 Å². The Morgan fingerprint density at radius 2 is 0.701 bits per heavy atom. The summed E-state index contributed by atoms with van der Waals surface area (Å²) in [6, 6.07) is 0. The predicted octanol–water partition coefficient (Wildman–Crippen LogP) is 16.0. The lowest BCUT2D eigenvalue weighted by molar-refractivity contribution is -0.153. The molecule has 0 bridgehead atoms. The standard InChI is InChI=1S/C56H103O10P/c1-3-5-7-9-11-13-15-17-19-21-23-25-26-28-30-32-34-36-38-40-42-44-46-48-56(60)66-54(50-58)52-64-67(61,62)63-51-53(49-57)65-55(59)47-45-43-41-39-37-35-33-31-29-27-24-22-20-18-16-14-12-10-8-6-4-2/h6,8,12,14,18,20,24,27,53-54,57-58H,3-5,7,9-11,13,15-17,19,21-23,25-26,28-52H2,1-2H3,(H,61,62)/b8-6-,14-12-,20-18-,27-24-. The van der Waals surface area contributed by atoms with E-state index >= 15 is 0 Å². The minimum Gasteiger partial charge on any atom is -0.457 e. The largest absolute Gasteiger partial charge is 0.472 e. The minimum absolute atomic E-state index is 0.182. The second kappa shape index (κ2) is 51.8. The number of hydrogen-bond acceptors (Lipinski definition) is 9. The zero-order chi connectivity index (χ0) is 49.0. The van der Waals surface area contributed by atoms with E-state index in [0.29, 0.717) is 12.8 Å². The van der Waals surface area contributed by atoms with Crippen molar-refractivity contribution in [2.24, 2.45) is 0 Å². The monoisotopic (exact) mass is 967 g/mol. The normalized spacial score (nSPS) is 13.9. The summed E-state index contributed by atoms with van der Waals surface area (Å²) in [5.74, 6) is -1.02. The molecule has 10 nitrogen and oxygen atoms in total. The van der Waals surface area contributed by atoms with Crippen molar-refractivity contribution in [3.05, 3.63) is 48.6 Å². The number of ether oxygens (including phenoxy) is 2. The van der Waals surface area contributed by atoms with E-state index in [0.717, 1.165) is 70.6 Å². The first kappa shape index (κ1) is 64.9. The number of allylic oxidation sites excluding steroid dienone is 8. The number of hydrogen-bond donors (Lipinski definition) is 3. The smallest absolute Gasteiger partial charge is 0.457 e. The van der Waals surface area contributed by atoms with E-state index < -0.39 is 58.4 Å². The fourth-order valence-electron chi connectivity index (χ4n) is 7.87. The van der Waals surface area contributed by atoms with E-state index in [4.69, 9.17) is 18.5 Å². The van der Waals surface area contributed by atoms with Gasteiger partial charge in [0.05, 0.1) is 26.4 Å². The maximum Gasteiger partial charge on any atom is 0.472 e. The summed E-state index contributed by atoms with van der Waals surface area (Å²) in [4.78, 5) is 34.8. The quantitative estimate of drug-likeness (QED) is 0.0233. The van der Waals surface area contributed by atoms with Crippen molar-refractivity contribution in [2.75, 3.05) is 26.4 Å². The number of aliphatic hydroxyl groups excluding tert-OH is 2. The molecule has 0 rings (SSSR count). The Kier molecular flexibility index (Phi) is 50.2. The SMILES string of the molecule is CC/C=C\C/C=C\C/C=C\C/C=C\CCCCCCCCCCC(=O)OC(CO)COP(=O)(O)OCC(CO)OC(=O)CCCCCCCCCCCCCCCCCCCCCCCCC. The van der Waals surface area contributed by atoms with Gasteiger partial charge in [0.15, 0.2) is 0 Å². The molecule has 3 unspecified atom stereocenters. The summed E-state index contributed by atoms with van der Waals surface area (Å²) in [7, 11) is -4.65. The zero-order valence-corrected chi connectivity index (χ0v) is 44.0. The number of rotatable bonds is 52. The number of aliphatic hydroxyl groups is 2. The maximum absolute atomic E-state index is 12.4. The van der Waals surface area contributed by atoms with Crippen LogP contribution in [0, 0.1) is 0 Å². The van der Waals surface area contributed by atoms with Crippen LogP contribution in [0.2, 0.25) is 0 Å². The van der Waals surface area contributed by atoms with Crippen LogP contribution in [0.1, 0.15) is 258 Å². The summed E-state index contributed by atoms with van der Waals surface area (Å²) in [6.07, 6.45) is 59.5. The minimum atomic E-state index is -4.65. The molecule has 0 amide bonds. The van der Waals surface area contributed by atoms with Crippen molar-refractivity contribution >= 4 is 19.8 Å². The Morgan fingerprint density at radius 1 is 0.418 bits per heavy atom. The summed E-state index contributed by atoms with van der Waals surface area (Å²) in [5.41, 5.74) is 0. The predicted molar refractivity (Wildman–Crippen MR) is 279 cm³/mol. The second-order valence-electron chi connectivity index (χ2n) is 18.5. The molecule has 0 saturated carbocycles. The molecule has 0 saturated heterocycles. The maximum atomic E-state index is 12.4. The van der Waals surface area contributed by atoms with Gasteiger partial charge in [-0.1, -0.05) is 242 Å². The summed E-state index contributed by atoms with van der Waals surface area (Å²) in [5, 5.41) is 19.3. The molecule has 0 aliphatic heterocycles. The Morgan fingerprint density at radius 3 is 1.01 bits per heavy atom. The van der Waals surface area contributed by atoms with Crippen molar-refractivity contribution in [2.45, 2.75) is 270 Å². The summed E-state index contributed by atoms with van der Waals surface area (Å²) in [6.45, 7) is 2.14. The van der Waals surface area contributed by atoms with E-state index in [1.165, 1.54) is 148 Å². The lowest BCUT2D eigenvalue weighted by atomic mass is 10.0. The van der Waals surface area contributed by atoms with Crippen molar-refractivity contribution in [1.82, 2.24) is 0 Å². The van der Waals surface area contributed by atoms with Crippen LogP contribution in [-0.2, 0) is 32.7 Å². The van der Waals surface area contributed by atoms with Crippen molar-refractivity contribution < 1.29 is 47.8 Å². The molecule has 0 aromatic rings. The van der Waals surface area contributed by atoms with Crippen LogP contribution >= 0.6 is 7.82 Å². The van der Waals surface area contributed by atoms with Gasteiger partial charge in [0.1, 0.15) is 12.2 Å². The van der Waals surface area contributed by atoms with E-state index in [2.05, 4.69) is 62.5 Å². The van der Waals surface area contributed by atoms with E-state index in [1.807, 2.05) is 0 Å². The lowest BCUT2D eigenvalue weighted by Crippen LogP contribution is -2.28. The Labute approximate surface area is 411 Å². The summed E-state index contributed by atoms with van der Waals surface area (Å²) < 4.78 is 32.8. The van der Waals surface area contributed by atoms with Gasteiger partial charge in [0.2, 0.25) is 0 Å². The number of phosphoric ester groups is 1. The topological polar surface area (TPSA) is 149 Å². The molecule has 0 aromatic carbocycles. The van der Waals surface area contributed by atoms with Gasteiger partial charge in [-0.3, -0.25) is 18.6 Å². The molecule has 0 spiro atoms. The van der Waals surface area contributed by atoms with Gasteiger partial charge in [0.25, 0.3) is 0 Å². The van der Waals surface area contributed by atoms with Crippen LogP contribution in [0.25, 0.3) is 0 Å². The molecule has 392 valence electrons. The lowest BCUT2D eigenvalue weighted by Gasteiger charge is -2.20. The third-order valence-electron chi connectivity index (χ3n) is 12.1. The van der Waals surface area contributed by atoms with Gasteiger partial charge in [0, 0.05) is 12.8 Å². The molecule has 0 aliphatic rings. The van der Waals surface area contributed by atoms with Crippen molar-refractivity contribution in [1.29, 1.82) is 0 Å². The van der Waals surface area contributed by atoms with E-state index in [-0.39, 0.29) is 12.8 Å². The average molecular weight is 967 g/mol. The molecule has 3 N–H and O–H groups in total. The molecule has 0 aliphatic carbocycles. The average Bonchev–Trinajstić information content (AvgIpc) is 3.32. The fourth-order valence-corrected chi connectivity index (χ4v) is 8.66. The number of carbonyl (C=O) groups excluding carboxylic acids is 2. The summed E-state index contributed by atoms with van der Waals surface area (Å²) >= 11 is 0. The zero-order valence-electron chi connectivity index (χ0n) is 43.1. The third kappa shape index (κ3) is 50.1. The van der Waals surface area contributed by atoms with Crippen molar-refractivity contribution in [3.8, 4) is 0 Å². The molecule has 0 fully saturated rings. The van der Waals surface area contributed by atoms with Crippen LogP contribution < -0.4 is 0 Å². The molecular formula is C56H103O10P. The third-order valence-corrected chi connectivity index (χ3v) is 13.0. The van der Waals surface area contributed by atoms with Crippen LogP contribution in [0.3, 0.4) is 0 Å². The molecule has 0 heterocycles. The van der Waals surface area contributed by atoms with Gasteiger partial charge < -0.3 is 24.6 Å². The van der Waals surface area contributed by atoms with Gasteiger partial charge in [-0.2, -0.15) is 0 Å². The molecule has 0 radical (unpaired) electrons. The number of esters is 2. The van der Waals surface area contributed by atoms with E-state index in [1.54, 1.807) is 0 Å². The second-order valence-corrected chi connectivity index (χ2v) is 20.0. The molecule has 67 heavy (non-hydrogen) atoms. The van der Waals surface area contributed by atoms with Crippen LogP contribution in [0.5, 0.6) is 0 Å². The molecule has 11 heteroatoms. The first-order valence-electron chi connectivity index (χ1n) is 27.6. The highest BCUT2D eigenvalue weighted by Crippen LogP contribution is 2.43. The fraction of sp³-hybridized carbons (Fsp3) is 0.821. The van der Waals surface area contributed by atoms with Crippen LogP contribution in [0.4, 0.5) is 0 Å². The molecular weight excluding hydrogens is 864 g/mol. The van der Waals surface area contributed by atoms with Gasteiger partial charge in [-0.25, -0.2) is 4.57 Å². The van der Waals surface area contributed by atoms with Crippen LogP contribution in [-0.4, -0.2) is 65.7 Å². The van der Waals surface area contributed by atoms with Crippen molar-refractivity contribution in [3.63, 3.8) is 0 Å². The Hall–Kier alpha value is -2.07. The first-order valence-corrected chi connectivity index (χ1v) is 29.1. The number of unbranched alkanes of at least 4 members (excludes halogenated alkanes) is 30. The van der Waals surface area contributed by atoms with E-state index in [9.17, 15) is 29.3 Å². The highest BCUT2D eigenvalue weighted by Gasteiger charge is 2.27. The first-order chi connectivity index (χ1) is 32.8. The number of carbonyl (C=O) groups is 2. The molecule has 0 aromatic heterocycles. The number of phosphoric acid groups is 1. The Balaban J connectivity index is 3.79.